The minimum atomic E-state index is -0.156. The van der Waals surface area contributed by atoms with Crippen LogP contribution in [0.5, 0.6) is 5.75 Å². The van der Waals surface area contributed by atoms with Crippen molar-refractivity contribution in [3.8, 4) is 5.75 Å². The second-order valence-electron chi connectivity index (χ2n) is 6.55. The highest BCUT2D eigenvalue weighted by Crippen LogP contribution is 2.52. The van der Waals surface area contributed by atoms with Crippen molar-refractivity contribution in [1.82, 2.24) is 0 Å². The Kier molecular flexibility index (Phi) is 4.51. The van der Waals surface area contributed by atoms with E-state index in [-0.39, 0.29) is 17.6 Å². The Labute approximate surface area is 127 Å². The Morgan fingerprint density at radius 2 is 1.76 bits per heavy atom. The van der Waals surface area contributed by atoms with Crippen molar-refractivity contribution in [1.29, 1.82) is 0 Å². The molecule has 1 N–H and O–H groups in total. The molecular formula is C18H26O3. The van der Waals surface area contributed by atoms with E-state index in [4.69, 9.17) is 9.47 Å². The van der Waals surface area contributed by atoms with Crippen molar-refractivity contribution in [2.45, 2.75) is 63.8 Å². The van der Waals surface area contributed by atoms with E-state index < -0.39 is 0 Å². The summed E-state index contributed by atoms with van der Waals surface area (Å²) < 4.78 is 11.3. The minimum Gasteiger partial charge on any atom is -0.497 e. The molecule has 1 spiro atoms. The fourth-order valence-corrected chi connectivity index (χ4v) is 3.92. The van der Waals surface area contributed by atoms with Crippen LogP contribution in [-0.4, -0.2) is 24.4 Å². The number of benzene rings is 1. The molecule has 2 aliphatic rings. The summed E-state index contributed by atoms with van der Waals surface area (Å²) in [5.41, 5.74) is 1.21. The molecule has 0 radical (unpaired) electrons. The summed E-state index contributed by atoms with van der Waals surface area (Å²) >= 11 is 0. The fourth-order valence-electron chi connectivity index (χ4n) is 3.92. The van der Waals surface area contributed by atoms with Gasteiger partial charge in [0, 0.05) is 11.8 Å². The first-order valence-corrected chi connectivity index (χ1v) is 8.17. The highest BCUT2D eigenvalue weighted by molar-refractivity contribution is 5.26. The maximum Gasteiger partial charge on any atom is 0.118 e. The lowest BCUT2D eigenvalue weighted by Crippen LogP contribution is -2.57. The molecule has 0 saturated heterocycles. The van der Waals surface area contributed by atoms with Crippen LogP contribution in [0.25, 0.3) is 0 Å². The van der Waals surface area contributed by atoms with Crippen LogP contribution in [-0.2, 0) is 11.3 Å². The molecule has 0 aliphatic heterocycles. The van der Waals surface area contributed by atoms with Crippen LogP contribution >= 0.6 is 0 Å². The molecule has 1 aromatic rings. The van der Waals surface area contributed by atoms with Gasteiger partial charge in [-0.3, -0.25) is 0 Å². The van der Waals surface area contributed by atoms with Crippen LogP contribution in [0.15, 0.2) is 24.3 Å². The number of aliphatic hydroxyl groups excluding tert-OH is 1. The Bertz CT molecular complexity index is 446. The molecule has 2 atom stereocenters. The number of hydrogen-bond acceptors (Lipinski definition) is 3. The molecule has 21 heavy (non-hydrogen) atoms. The van der Waals surface area contributed by atoms with Gasteiger partial charge in [0.25, 0.3) is 0 Å². The first kappa shape index (κ1) is 14.9. The predicted octanol–water partition coefficient (Wildman–Crippen LogP) is 3.69. The third kappa shape index (κ3) is 2.95. The zero-order valence-electron chi connectivity index (χ0n) is 12.9. The van der Waals surface area contributed by atoms with Gasteiger partial charge in [0.2, 0.25) is 0 Å². The maximum absolute atomic E-state index is 10.3. The molecule has 0 bridgehead atoms. The van der Waals surface area contributed by atoms with Gasteiger partial charge >= 0.3 is 0 Å². The van der Waals surface area contributed by atoms with Gasteiger partial charge in [-0.25, -0.2) is 0 Å². The van der Waals surface area contributed by atoms with E-state index in [9.17, 15) is 5.11 Å². The molecule has 0 amide bonds. The molecule has 2 unspecified atom stereocenters. The van der Waals surface area contributed by atoms with Crippen LogP contribution in [0.3, 0.4) is 0 Å². The molecule has 0 heterocycles. The molecule has 3 heteroatoms. The molecular weight excluding hydrogens is 264 g/mol. The summed E-state index contributed by atoms with van der Waals surface area (Å²) in [6.45, 7) is 0.628. The van der Waals surface area contributed by atoms with Gasteiger partial charge in [-0.05, 0) is 30.5 Å². The Balaban J connectivity index is 1.59. The smallest absolute Gasteiger partial charge is 0.118 e. The average Bonchev–Trinajstić information content (AvgIpc) is 2.80. The lowest BCUT2D eigenvalue weighted by atomic mass is 9.59. The quantitative estimate of drug-likeness (QED) is 0.919. The van der Waals surface area contributed by atoms with Crippen LogP contribution in [0.1, 0.15) is 50.5 Å². The molecule has 116 valence electrons. The van der Waals surface area contributed by atoms with Crippen LogP contribution in [0.2, 0.25) is 0 Å². The molecule has 3 rings (SSSR count). The summed E-state index contributed by atoms with van der Waals surface area (Å²) in [5.74, 6) is 0.873. The van der Waals surface area contributed by atoms with Crippen molar-refractivity contribution in [2.24, 2.45) is 5.41 Å². The summed E-state index contributed by atoms with van der Waals surface area (Å²) in [6.07, 6.45) is 8.21. The van der Waals surface area contributed by atoms with E-state index in [1.807, 2.05) is 24.3 Å². The standard InChI is InChI=1S/C18H26O3/c1-20-15-8-6-14(7-9-15)13-21-17-12-16(19)18(17)10-4-2-3-5-11-18/h6-9,16-17,19H,2-5,10-13H2,1H3. The predicted molar refractivity (Wildman–Crippen MR) is 82.3 cm³/mol. The van der Waals surface area contributed by atoms with Gasteiger partial charge in [0.1, 0.15) is 5.75 Å². The SMILES string of the molecule is COc1ccc(COC2CC(O)C23CCCCCC3)cc1. The van der Waals surface area contributed by atoms with Gasteiger partial charge < -0.3 is 14.6 Å². The second-order valence-corrected chi connectivity index (χ2v) is 6.55. The monoisotopic (exact) mass is 290 g/mol. The van der Waals surface area contributed by atoms with Crippen molar-refractivity contribution in [3.05, 3.63) is 29.8 Å². The van der Waals surface area contributed by atoms with Crippen molar-refractivity contribution in [3.63, 3.8) is 0 Å². The largest absolute Gasteiger partial charge is 0.497 e. The zero-order chi connectivity index (χ0) is 14.7. The van der Waals surface area contributed by atoms with E-state index >= 15 is 0 Å². The zero-order valence-corrected chi connectivity index (χ0v) is 12.9. The van der Waals surface area contributed by atoms with Gasteiger partial charge in [0.15, 0.2) is 0 Å². The summed E-state index contributed by atoms with van der Waals surface area (Å²) in [7, 11) is 1.68. The molecule has 3 nitrogen and oxygen atoms in total. The molecule has 2 aliphatic carbocycles. The highest BCUT2D eigenvalue weighted by atomic mass is 16.5. The minimum absolute atomic E-state index is 0.0446. The highest BCUT2D eigenvalue weighted by Gasteiger charge is 2.54. The molecule has 1 aromatic carbocycles. The Morgan fingerprint density at radius 3 is 2.33 bits per heavy atom. The third-order valence-electron chi connectivity index (χ3n) is 5.39. The number of methoxy groups -OCH3 is 1. The van der Waals surface area contributed by atoms with Gasteiger partial charge in [0.05, 0.1) is 25.9 Å². The third-order valence-corrected chi connectivity index (χ3v) is 5.39. The second kappa shape index (κ2) is 6.37. The number of hydrogen-bond donors (Lipinski definition) is 1. The number of aliphatic hydroxyl groups is 1. The molecule has 2 saturated carbocycles. The van der Waals surface area contributed by atoms with Crippen LogP contribution in [0, 0.1) is 5.41 Å². The van der Waals surface area contributed by atoms with E-state index in [1.54, 1.807) is 7.11 Å². The topological polar surface area (TPSA) is 38.7 Å². The summed E-state index contributed by atoms with van der Waals surface area (Å²) in [5, 5.41) is 10.3. The maximum atomic E-state index is 10.3. The normalized spacial score (nSPS) is 27.9. The average molecular weight is 290 g/mol. The summed E-state index contributed by atoms with van der Waals surface area (Å²) in [6, 6.07) is 8.03. The Morgan fingerprint density at radius 1 is 1.10 bits per heavy atom. The van der Waals surface area contributed by atoms with E-state index in [2.05, 4.69) is 0 Å². The van der Waals surface area contributed by atoms with Crippen molar-refractivity contribution >= 4 is 0 Å². The first-order chi connectivity index (χ1) is 10.2. The number of rotatable bonds is 4. The van der Waals surface area contributed by atoms with E-state index in [0.29, 0.717) is 6.61 Å². The van der Waals surface area contributed by atoms with Crippen molar-refractivity contribution < 1.29 is 14.6 Å². The van der Waals surface area contributed by atoms with E-state index in [1.165, 1.54) is 31.2 Å². The first-order valence-electron chi connectivity index (χ1n) is 8.17. The van der Waals surface area contributed by atoms with E-state index in [0.717, 1.165) is 25.0 Å². The lowest BCUT2D eigenvalue weighted by molar-refractivity contribution is -0.203. The molecule has 2 fully saturated rings. The molecule has 0 aromatic heterocycles. The number of ether oxygens (including phenoxy) is 2. The van der Waals surface area contributed by atoms with Crippen molar-refractivity contribution in [2.75, 3.05) is 7.11 Å². The van der Waals surface area contributed by atoms with Gasteiger partial charge in [-0.15, -0.1) is 0 Å². The summed E-state index contributed by atoms with van der Waals surface area (Å²) in [4.78, 5) is 0. The van der Waals surface area contributed by atoms with Gasteiger partial charge in [-0.1, -0.05) is 37.8 Å². The Hall–Kier alpha value is -1.06. The fraction of sp³-hybridized carbons (Fsp3) is 0.667. The van der Waals surface area contributed by atoms with Crippen LogP contribution < -0.4 is 4.74 Å². The van der Waals surface area contributed by atoms with Gasteiger partial charge in [-0.2, -0.15) is 0 Å². The lowest BCUT2D eigenvalue weighted by Gasteiger charge is -2.53. The van der Waals surface area contributed by atoms with Crippen LogP contribution in [0.4, 0.5) is 0 Å².